The first-order valence-corrected chi connectivity index (χ1v) is 8.57. The molecule has 1 saturated heterocycles. The molecule has 0 aromatic heterocycles. The summed E-state index contributed by atoms with van der Waals surface area (Å²) >= 11 is 3.54. The summed E-state index contributed by atoms with van der Waals surface area (Å²) in [6.45, 7) is 2.83. The van der Waals surface area contributed by atoms with E-state index in [-0.39, 0.29) is 11.7 Å². The van der Waals surface area contributed by atoms with Crippen LogP contribution < -0.4 is 11.1 Å². The van der Waals surface area contributed by atoms with Crippen molar-refractivity contribution in [1.82, 2.24) is 10.2 Å². The number of nitrogens with one attached hydrogen (secondary N) is 1. The van der Waals surface area contributed by atoms with Gasteiger partial charge in [0.1, 0.15) is 5.75 Å². The second kappa shape index (κ2) is 8.50. The fourth-order valence-corrected chi connectivity index (χ4v) is 3.22. The Kier molecular flexibility index (Phi) is 6.67. The largest absolute Gasteiger partial charge is 0.508 e. The molecule has 1 heterocycles. The number of amides is 1. The fourth-order valence-electron chi connectivity index (χ4n) is 2.85. The number of carbonyl (C=O) groups excluding carboxylic acids is 1. The first-order chi connectivity index (χ1) is 10.6. The van der Waals surface area contributed by atoms with E-state index in [1.165, 1.54) is 12.8 Å². The minimum atomic E-state index is 0.0200. The van der Waals surface area contributed by atoms with Crippen LogP contribution in [-0.2, 0) is 11.3 Å². The quantitative estimate of drug-likeness (QED) is 0.716. The zero-order valence-corrected chi connectivity index (χ0v) is 14.3. The van der Waals surface area contributed by atoms with E-state index in [0.717, 1.165) is 29.5 Å². The van der Waals surface area contributed by atoms with Gasteiger partial charge < -0.3 is 16.2 Å². The lowest BCUT2D eigenvalue weighted by molar-refractivity contribution is -0.121. The van der Waals surface area contributed by atoms with Crippen LogP contribution >= 0.6 is 15.9 Å². The topological polar surface area (TPSA) is 78.6 Å². The Morgan fingerprint density at radius 3 is 3.05 bits per heavy atom. The summed E-state index contributed by atoms with van der Waals surface area (Å²) in [7, 11) is 0. The van der Waals surface area contributed by atoms with Crippen LogP contribution in [0.5, 0.6) is 5.75 Å². The highest BCUT2D eigenvalue weighted by atomic mass is 79.9. The van der Waals surface area contributed by atoms with Crippen LogP contribution in [0.2, 0.25) is 0 Å². The number of phenolic OH excluding ortho intramolecular Hbond substituents is 1. The first kappa shape index (κ1) is 17.2. The number of hydrogen-bond donors (Lipinski definition) is 3. The van der Waals surface area contributed by atoms with Gasteiger partial charge in [-0.05, 0) is 43.1 Å². The number of nitrogens with zero attached hydrogens (tertiary/aromatic N) is 1. The molecule has 22 heavy (non-hydrogen) atoms. The van der Waals surface area contributed by atoms with Crippen molar-refractivity contribution in [1.29, 1.82) is 0 Å². The van der Waals surface area contributed by atoms with Crippen molar-refractivity contribution in [2.75, 3.05) is 19.6 Å². The molecule has 122 valence electrons. The van der Waals surface area contributed by atoms with Gasteiger partial charge in [0, 0.05) is 36.6 Å². The molecular formula is C16H24BrN3O2. The minimum Gasteiger partial charge on any atom is -0.508 e. The van der Waals surface area contributed by atoms with Crippen molar-refractivity contribution >= 4 is 21.8 Å². The lowest BCUT2D eigenvalue weighted by Crippen LogP contribution is -2.46. The third-order valence-corrected chi connectivity index (χ3v) is 4.83. The van der Waals surface area contributed by atoms with E-state index >= 15 is 0 Å². The lowest BCUT2D eigenvalue weighted by atomic mass is 10.0. The molecule has 5 nitrogen and oxygen atoms in total. The summed E-state index contributed by atoms with van der Waals surface area (Å²) in [6, 6.07) is 5.67. The van der Waals surface area contributed by atoms with Crippen LogP contribution in [0.4, 0.5) is 0 Å². The van der Waals surface area contributed by atoms with Gasteiger partial charge in [0.15, 0.2) is 0 Å². The minimum absolute atomic E-state index is 0.0200. The number of likely N-dealkylation sites (tertiary alicyclic amines) is 1. The summed E-state index contributed by atoms with van der Waals surface area (Å²) < 4.78 is 1.00. The number of piperidine rings is 1. The molecular weight excluding hydrogens is 346 g/mol. The van der Waals surface area contributed by atoms with E-state index in [9.17, 15) is 9.90 Å². The van der Waals surface area contributed by atoms with E-state index in [4.69, 9.17) is 5.73 Å². The van der Waals surface area contributed by atoms with E-state index in [2.05, 4.69) is 26.1 Å². The van der Waals surface area contributed by atoms with Crippen molar-refractivity contribution in [2.45, 2.75) is 38.3 Å². The molecule has 0 spiro atoms. The predicted molar refractivity (Wildman–Crippen MR) is 90.5 cm³/mol. The molecule has 0 saturated carbocycles. The van der Waals surface area contributed by atoms with Gasteiger partial charge in [-0.2, -0.15) is 0 Å². The van der Waals surface area contributed by atoms with Gasteiger partial charge in [0.25, 0.3) is 0 Å². The van der Waals surface area contributed by atoms with E-state index < -0.39 is 0 Å². The average Bonchev–Trinajstić information content (AvgIpc) is 2.50. The molecule has 0 bridgehead atoms. The van der Waals surface area contributed by atoms with Crippen molar-refractivity contribution in [2.24, 2.45) is 5.73 Å². The Balaban J connectivity index is 1.97. The molecule has 0 aliphatic carbocycles. The summed E-state index contributed by atoms with van der Waals surface area (Å²) in [4.78, 5) is 14.0. The molecule has 6 heteroatoms. The van der Waals surface area contributed by atoms with Crippen LogP contribution in [0, 0.1) is 0 Å². The maximum atomic E-state index is 11.6. The van der Waals surface area contributed by atoms with Gasteiger partial charge in [0.05, 0.1) is 0 Å². The number of phenols is 1. The summed E-state index contributed by atoms with van der Waals surface area (Å²) in [6.07, 6.45) is 3.82. The van der Waals surface area contributed by atoms with E-state index in [1.54, 1.807) is 12.1 Å². The van der Waals surface area contributed by atoms with Crippen LogP contribution in [-0.4, -0.2) is 41.6 Å². The molecule has 1 aromatic rings. The standard InChI is InChI=1S/C16H24BrN3O2/c17-15-5-4-14(21)9-12(15)11-20-8-2-1-3-13(20)10-19-16(22)6-7-18/h4-5,9,13,21H,1-3,6-8,10-11,18H2,(H,19,22). The molecule has 0 radical (unpaired) electrons. The second-order valence-corrected chi connectivity index (χ2v) is 6.59. The number of nitrogens with two attached hydrogens (primary N) is 1. The SMILES string of the molecule is NCCC(=O)NCC1CCCCN1Cc1cc(O)ccc1Br. The summed E-state index contributed by atoms with van der Waals surface area (Å²) in [5, 5.41) is 12.6. The van der Waals surface area contributed by atoms with Crippen LogP contribution in [0.25, 0.3) is 0 Å². The number of carbonyl (C=O) groups is 1. The predicted octanol–water partition coefficient (Wildman–Crippen LogP) is 1.97. The van der Waals surface area contributed by atoms with Crippen LogP contribution in [0.15, 0.2) is 22.7 Å². The molecule has 1 aliphatic rings. The Labute approximate surface area is 140 Å². The maximum Gasteiger partial charge on any atom is 0.221 e. The van der Waals surface area contributed by atoms with Crippen molar-refractivity contribution in [3.63, 3.8) is 0 Å². The number of benzene rings is 1. The zero-order chi connectivity index (χ0) is 15.9. The van der Waals surface area contributed by atoms with Crippen LogP contribution in [0.3, 0.4) is 0 Å². The molecule has 2 rings (SSSR count). The van der Waals surface area contributed by atoms with Crippen molar-refractivity contribution in [3.8, 4) is 5.75 Å². The maximum absolute atomic E-state index is 11.6. The normalized spacial score (nSPS) is 19.1. The highest BCUT2D eigenvalue weighted by molar-refractivity contribution is 9.10. The number of rotatable bonds is 6. The Morgan fingerprint density at radius 1 is 1.45 bits per heavy atom. The lowest BCUT2D eigenvalue weighted by Gasteiger charge is -2.36. The highest BCUT2D eigenvalue weighted by Gasteiger charge is 2.23. The monoisotopic (exact) mass is 369 g/mol. The Bertz CT molecular complexity index is 510. The van der Waals surface area contributed by atoms with Gasteiger partial charge in [-0.1, -0.05) is 22.4 Å². The Morgan fingerprint density at radius 2 is 2.27 bits per heavy atom. The second-order valence-electron chi connectivity index (χ2n) is 5.74. The Hall–Kier alpha value is -1.11. The molecule has 1 atom stereocenters. The van der Waals surface area contributed by atoms with Gasteiger partial charge in [-0.3, -0.25) is 9.69 Å². The zero-order valence-electron chi connectivity index (χ0n) is 12.7. The molecule has 4 N–H and O–H groups in total. The van der Waals surface area contributed by atoms with Gasteiger partial charge in [-0.15, -0.1) is 0 Å². The molecule has 1 unspecified atom stereocenters. The van der Waals surface area contributed by atoms with E-state index in [1.807, 2.05) is 6.07 Å². The fraction of sp³-hybridized carbons (Fsp3) is 0.562. The van der Waals surface area contributed by atoms with E-state index in [0.29, 0.717) is 25.6 Å². The average molecular weight is 370 g/mol. The first-order valence-electron chi connectivity index (χ1n) is 7.78. The van der Waals surface area contributed by atoms with Crippen molar-refractivity contribution in [3.05, 3.63) is 28.2 Å². The van der Waals surface area contributed by atoms with Crippen LogP contribution in [0.1, 0.15) is 31.2 Å². The molecule has 1 fully saturated rings. The molecule has 1 aliphatic heterocycles. The van der Waals surface area contributed by atoms with Gasteiger partial charge >= 0.3 is 0 Å². The third kappa shape index (κ3) is 4.97. The number of halogens is 1. The summed E-state index contributed by atoms with van der Waals surface area (Å²) in [5.74, 6) is 0.301. The van der Waals surface area contributed by atoms with Gasteiger partial charge in [0.2, 0.25) is 5.91 Å². The smallest absolute Gasteiger partial charge is 0.221 e. The van der Waals surface area contributed by atoms with Crippen molar-refractivity contribution < 1.29 is 9.90 Å². The summed E-state index contributed by atoms with van der Waals surface area (Å²) in [5.41, 5.74) is 6.47. The number of aromatic hydroxyl groups is 1. The third-order valence-electron chi connectivity index (χ3n) is 4.06. The highest BCUT2D eigenvalue weighted by Crippen LogP contribution is 2.26. The number of hydrogen-bond acceptors (Lipinski definition) is 4. The molecule has 1 aromatic carbocycles. The molecule has 1 amide bonds. The van der Waals surface area contributed by atoms with Gasteiger partial charge in [-0.25, -0.2) is 0 Å².